The molecule has 1 fully saturated rings. The molecular weight excluding hydrogens is 240 g/mol. The molecule has 5 nitrogen and oxygen atoms in total. The van der Waals surface area contributed by atoms with E-state index in [-0.39, 0.29) is 0 Å². The minimum Gasteiger partial charge on any atom is -0.441 e. The van der Waals surface area contributed by atoms with Crippen LogP contribution < -0.4 is 10.2 Å². The Morgan fingerprint density at radius 2 is 2.16 bits per heavy atom. The molecule has 0 radical (unpaired) electrons. The monoisotopic (exact) mass is 260 g/mol. The summed E-state index contributed by atoms with van der Waals surface area (Å²) in [5.74, 6) is 0.719. The highest BCUT2D eigenvalue weighted by atomic mass is 16.3. The molecular formula is C14H20N4O. The quantitative estimate of drug-likeness (QED) is 0.904. The van der Waals surface area contributed by atoms with E-state index >= 15 is 0 Å². The Bertz CT molecular complexity index is 560. The summed E-state index contributed by atoms with van der Waals surface area (Å²) in [5.41, 5.74) is 2.96. The number of benzene rings is 1. The van der Waals surface area contributed by atoms with Crippen molar-refractivity contribution in [2.24, 2.45) is 0 Å². The summed E-state index contributed by atoms with van der Waals surface area (Å²) in [6.07, 6.45) is 0. The molecule has 102 valence electrons. The number of nitrogens with one attached hydrogen (secondary N) is 1. The second kappa shape index (κ2) is 5.19. The van der Waals surface area contributed by atoms with E-state index in [9.17, 15) is 0 Å². The van der Waals surface area contributed by atoms with Crippen LogP contribution in [-0.4, -0.2) is 49.8 Å². The molecule has 0 bridgehead atoms. The zero-order valence-electron chi connectivity index (χ0n) is 11.5. The summed E-state index contributed by atoms with van der Waals surface area (Å²) in [7, 11) is 2.12. The van der Waals surface area contributed by atoms with Crippen LogP contribution in [0.25, 0.3) is 11.1 Å². The first-order valence-corrected chi connectivity index (χ1v) is 6.74. The Morgan fingerprint density at radius 3 is 2.95 bits per heavy atom. The summed E-state index contributed by atoms with van der Waals surface area (Å²) in [5, 5.41) is 3.37. The average Bonchev–Trinajstić information content (AvgIpc) is 2.78. The van der Waals surface area contributed by atoms with Gasteiger partial charge in [-0.1, -0.05) is 0 Å². The van der Waals surface area contributed by atoms with Crippen LogP contribution in [0.4, 0.5) is 5.69 Å². The Kier molecular flexibility index (Phi) is 3.40. The number of aromatic nitrogens is 1. The predicted octanol–water partition coefficient (Wildman–Crippen LogP) is 1.44. The lowest BCUT2D eigenvalue weighted by Gasteiger charge is -2.32. The number of oxazole rings is 1. The molecule has 2 aromatic rings. The number of aryl methyl sites for hydroxylation is 1. The second-order valence-corrected chi connectivity index (χ2v) is 5.09. The van der Waals surface area contributed by atoms with Gasteiger partial charge in [-0.15, -0.1) is 0 Å². The van der Waals surface area contributed by atoms with E-state index in [4.69, 9.17) is 4.42 Å². The molecule has 1 aromatic carbocycles. The van der Waals surface area contributed by atoms with Gasteiger partial charge in [0.2, 0.25) is 0 Å². The van der Waals surface area contributed by atoms with E-state index in [1.165, 1.54) is 5.69 Å². The molecule has 1 saturated heterocycles. The number of anilines is 1. The normalized spacial score (nSPS) is 16.9. The van der Waals surface area contributed by atoms with Gasteiger partial charge in [-0.05, 0) is 12.1 Å². The van der Waals surface area contributed by atoms with Crippen molar-refractivity contribution < 1.29 is 4.42 Å². The zero-order valence-corrected chi connectivity index (χ0v) is 11.5. The molecule has 1 aromatic heterocycles. The third-order valence-electron chi connectivity index (χ3n) is 3.54. The third-order valence-corrected chi connectivity index (χ3v) is 3.54. The van der Waals surface area contributed by atoms with Crippen LogP contribution in [0.15, 0.2) is 22.6 Å². The van der Waals surface area contributed by atoms with E-state index in [1.54, 1.807) is 0 Å². The maximum absolute atomic E-state index is 5.59. The molecule has 0 unspecified atom stereocenters. The molecule has 0 atom stereocenters. The lowest BCUT2D eigenvalue weighted by atomic mass is 10.2. The van der Waals surface area contributed by atoms with Gasteiger partial charge < -0.3 is 14.6 Å². The first-order valence-electron chi connectivity index (χ1n) is 6.74. The minimum atomic E-state index is 0.719. The van der Waals surface area contributed by atoms with Crippen molar-refractivity contribution in [2.75, 3.05) is 44.8 Å². The van der Waals surface area contributed by atoms with Gasteiger partial charge in [0.1, 0.15) is 5.52 Å². The van der Waals surface area contributed by atoms with E-state index < -0.39 is 0 Å². The number of piperazine rings is 1. The Balaban J connectivity index is 1.74. The number of hydrogen-bond donors (Lipinski definition) is 1. The van der Waals surface area contributed by atoms with Gasteiger partial charge in [0.05, 0.1) is 6.67 Å². The topological polar surface area (TPSA) is 44.5 Å². The molecule has 1 N–H and O–H groups in total. The van der Waals surface area contributed by atoms with Crippen molar-refractivity contribution in [1.29, 1.82) is 0 Å². The molecule has 0 amide bonds. The minimum absolute atomic E-state index is 0.719. The van der Waals surface area contributed by atoms with Crippen molar-refractivity contribution in [3.05, 3.63) is 24.1 Å². The Morgan fingerprint density at radius 1 is 1.37 bits per heavy atom. The van der Waals surface area contributed by atoms with E-state index in [0.717, 1.165) is 49.8 Å². The van der Waals surface area contributed by atoms with Gasteiger partial charge in [-0.3, -0.25) is 4.90 Å². The largest absolute Gasteiger partial charge is 0.441 e. The predicted molar refractivity (Wildman–Crippen MR) is 76.5 cm³/mol. The maximum Gasteiger partial charge on any atom is 0.192 e. The summed E-state index contributed by atoms with van der Waals surface area (Å²) < 4.78 is 5.59. The van der Waals surface area contributed by atoms with Gasteiger partial charge in [-0.25, -0.2) is 4.98 Å². The van der Waals surface area contributed by atoms with Crippen molar-refractivity contribution in [3.63, 3.8) is 0 Å². The van der Waals surface area contributed by atoms with Crippen LogP contribution >= 0.6 is 0 Å². The fourth-order valence-electron chi connectivity index (χ4n) is 2.50. The molecule has 5 heteroatoms. The Labute approximate surface area is 113 Å². The van der Waals surface area contributed by atoms with Gasteiger partial charge in [0.15, 0.2) is 11.5 Å². The van der Waals surface area contributed by atoms with Crippen LogP contribution in [0.3, 0.4) is 0 Å². The molecule has 2 heterocycles. The lowest BCUT2D eigenvalue weighted by molar-refractivity contribution is 0.243. The summed E-state index contributed by atoms with van der Waals surface area (Å²) in [6, 6.07) is 6.19. The molecule has 0 spiro atoms. The second-order valence-electron chi connectivity index (χ2n) is 5.09. The van der Waals surface area contributed by atoms with Crippen molar-refractivity contribution in [2.45, 2.75) is 6.92 Å². The fourth-order valence-corrected chi connectivity index (χ4v) is 2.50. The van der Waals surface area contributed by atoms with Crippen LogP contribution in [0.1, 0.15) is 5.89 Å². The van der Waals surface area contributed by atoms with Crippen molar-refractivity contribution >= 4 is 16.8 Å². The molecule has 1 aliphatic heterocycles. The zero-order chi connectivity index (χ0) is 13.2. The summed E-state index contributed by atoms with van der Waals surface area (Å²) >= 11 is 0. The van der Waals surface area contributed by atoms with Gasteiger partial charge in [-0.2, -0.15) is 0 Å². The number of nitrogens with zero attached hydrogens (tertiary/aromatic N) is 3. The van der Waals surface area contributed by atoms with Crippen LogP contribution in [0.2, 0.25) is 0 Å². The fraction of sp³-hybridized carbons (Fsp3) is 0.500. The van der Waals surface area contributed by atoms with E-state index in [1.807, 2.05) is 13.0 Å². The summed E-state index contributed by atoms with van der Waals surface area (Å²) in [4.78, 5) is 9.03. The SMILES string of the molecule is Cc1nc2ccc(N(C)CN3CCNCC3)cc2o1. The van der Waals surface area contributed by atoms with Gasteiger partial charge in [0, 0.05) is 51.9 Å². The number of hydrogen-bond acceptors (Lipinski definition) is 5. The standard InChI is InChI=1S/C14H20N4O/c1-11-16-13-4-3-12(9-14(13)19-11)17(2)10-18-7-5-15-6-8-18/h3-4,9,15H,5-8,10H2,1-2H3. The first kappa shape index (κ1) is 12.4. The van der Waals surface area contributed by atoms with Gasteiger partial charge in [0.25, 0.3) is 0 Å². The first-order chi connectivity index (χ1) is 9.22. The maximum atomic E-state index is 5.59. The molecule has 0 saturated carbocycles. The third kappa shape index (κ3) is 2.72. The molecule has 19 heavy (non-hydrogen) atoms. The van der Waals surface area contributed by atoms with Crippen molar-refractivity contribution in [3.8, 4) is 0 Å². The highest BCUT2D eigenvalue weighted by molar-refractivity contribution is 5.77. The van der Waals surface area contributed by atoms with E-state index in [0.29, 0.717) is 0 Å². The molecule has 1 aliphatic rings. The molecule has 3 rings (SSSR count). The Hall–Kier alpha value is -1.59. The van der Waals surface area contributed by atoms with Gasteiger partial charge >= 0.3 is 0 Å². The van der Waals surface area contributed by atoms with Crippen LogP contribution in [-0.2, 0) is 0 Å². The van der Waals surface area contributed by atoms with Crippen LogP contribution in [0, 0.1) is 6.92 Å². The highest BCUT2D eigenvalue weighted by Crippen LogP contribution is 2.22. The summed E-state index contributed by atoms with van der Waals surface area (Å²) in [6.45, 7) is 7.19. The molecule has 0 aliphatic carbocycles. The number of rotatable bonds is 3. The van der Waals surface area contributed by atoms with E-state index in [2.05, 4.69) is 39.3 Å². The smallest absolute Gasteiger partial charge is 0.192 e. The average molecular weight is 260 g/mol. The highest BCUT2D eigenvalue weighted by Gasteiger charge is 2.13. The van der Waals surface area contributed by atoms with Crippen LogP contribution in [0.5, 0.6) is 0 Å². The number of fused-ring (bicyclic) bond motifs is 1. The lowest BCUT2D eigenvalue weighted by Crippen LogP contribution is -2.47. The van der Waals surface area contributed by atoms with Crippen molar-refractivity contribution in [1.82, 2.24) is 15.2 Å².